The Hall–Kier alpha value is -1.88. The van der Waals surface area contributed by atoms with Gasteiger partial charge in [0, 0.05) is 26.2 Å². The van der Waals surface area contributed by atoms with E-state index in [1.54, 1.807) is 0 Å². The molecule has 0 spiro atoms. The third kappa shape index (κ3) is 7.95. The molecule has 1 unspecified atom stereocenters. The number of likely N-dealkylation sites (tertiary alicyclic amines) is 1. The van der Waals surface area contributed by atoms with Gasteiger partial charge in [0.05, 0.1) is 6.61 Å². The average Bonchev–Trinajstić information content (AvgIpc) is 3.36. The highest BCUT2D eigenvalue weighted by atomic mass is 127. The van der Waals surface area contributed by atoms with Crippen LogP contribution in [0, 0.1) is 6.92 Å². The first-order valence-corrected chi connectivity index (χ1v) is 11.0. The van der Waals surface area contributed by atoms with Crippen molar-refractivity contribution in [2.24, 2.45) is 12.0 Å². The molecule has 8 nitrogen and oxygen atoms in total. The molecule has 9 heteroatoms. The molecule has 1 aliphatic rings. The van der Waals surface area contributed by atoms with Crippen LogP contribution in [-0.2, 0) is 13.6 Å². The SMILES string of the molecule is CCN1CCCC1CNC(=NCc1nnc(C)n1C)NCCCOc1ccccc1.I. The summed E-state index contributed by atoms with van der Waals surface area (Å²) in [6.07, 6.45) is 3.40. The quantitative estimate of drug-likeness (QED) is 0.209. The zero-order valence-electron chi connectivity index (χ0n) is 18.9. The number of aliphatic imine (C=N–C) groups is 1. The maximum Gasteiger partial charge on any atom is 0.191 e. The van der Waals surface area contributed by atoms with Crippen LogP contribution in [0.3, 0.4) is 0 Å². The van der Waals surface area contributed by atoms with Gasteiger partial charge in [-0.1, -0.05) is 25.1 Å². The molecule has 0 aliphatic carbocycles. The highest BCUT2D eigenvalue weighted by Crippen LogP contribution is 2.15. The number of hydrogen-bond acceptors (Lipinski definition) is 5. The van der Waals surface area contributed by atoms with Gasteiger partial charge in [0.25, 0.3) is 0 Å². The van der Waals surface area contributed by atoms with Crippen molar-refractivity contribution in [1.29, 1.82) is 0 Å². The summed E-state index contributed by atoms with van der Waals surface area (Å²) in [5, 5.41) is 15.3. The van der Waals surface area contributed by atoms with E-state index in [4.69, 9.17) is 9.73 Å². The topological polar surface area (TPSA) is 79.6 Å². The fourth-order valence-corrected chi connectivity index (χ4v) is 3.66. The Balaban J connectivity index is 0.00000341. The molecule has 1 saturated heterocycles. The smallest absolute Gasteiger partial charge is 0.191 e. The number of hydrogen-bond donors (Lipinski definition) is 2. The minimum absolute atomic E-state index is 0. The first-order valence-electron chi connectivity index (χ1n) is 11.0. The van der Waals surface area contributed by atoms with Crippen LogP contribution in [0.1, 0.15) is 37.8 Å². The average molecular weight is 541 g/mol. The summed E-state index contributed by atoms with van der Waals surface area (Å²) in [5.41, 5.74) is 0. The molecule has 2 aromatic rings. The highest BCUT2D eigenvalue weighted by molar-refractivity contribution is 14.0. The maximum absolute atomic E-state index is 5.78. The third-order valence-electron chi connectivity index (χ3n) is 5.60. The Morgan fingerprint density at radius 2 is 2.03 bits per heavy atom. The highest BCUT2D eigenvalue weighted by Gasteiger charge is 2.22. The van der Waals surface area contributed by atoms with Gasteiger partial charge in [0.2, 0.25) is 0 Å². The molecule has 1 fully saturated rings. The van der Waals surface area contributed by atoms with Crippen molar-refractivity contribution in [3.8, 4) is 5.75 Å². The maximum atomic E-state index is 5.78. The van der Waals surface area contributed by atoms with Crippen molar-refractivity contribution in [3.05, 3.63) is 42.0 Å². The van der Waals surface area contributed by atoms with E-state index >= 15 is 0 Å². The van der Waals surface area contributed by atoms with E-state index < -0.39 is 0 Å². The van der Waals surface area contributed by atoms with E-state index in [0.717, 1.165) is 49.4 Å². The number of ether oxygens (including phenoxy) is 1. The Bertz CT molecular complexity index is 796. The van der Waals surface area contributed by atoms with Gasteiger partial charge >= 0.3 is 0 Å². The van der Waals surface area contributed by atoms with Crippen LogP contribution >= 0.6 is 24.0 Å². The number of nitrogens with zero attached hydrogens (tertiary/aromatic N) is 5. The Labute approximate surface area is 202 Å². The van der Waals surface area contributed by atoms with Gasteiger partial charge in [-0.05, 0) is 51.4 Å². The lowest BCUT2D eigenvalue weighted by Gasteiger charge is -2.24. The van der Waals surface area contributed by atoms with Gasteiger partial charge in [-0.2, -0.15) is 0 Å². The molecule has 2 N–H and O–H groups in total. The molecular weight excluding hydrogens is 505 g/mol. The molecule has 1 aliphatic heterocycles. The lowest BCUT2D eigenvalue weighted by atomic mass is 10.2. The Morgan fingerprint density at radius 3 is 2.74 bits per heavy atom. The minimum atomic E-state index is 0. The summed E-state index contributed by atoms with van der Waals surface area (Å²) in [4.78, 5) is 7.28. The van der Waals surface area contributed by atoms with E-state index in [0.29, 0.717) is 19.2 Å². The first kappa shape index (κ1) is 25.4. The fraction of sp³-hybridized carbons (Fsp3) is 0.591. The second kappa shape index (κ2) is 13.5. The number of para-hydroxylation sites is 1. The molecule has 0 amide bonds. The minimum Gasteiger partial charge on any atom is -0.494 e. The summed E-state index contributed by atoms with van der Waals surface area (Å²) >= 11 is 0. The molecule has 2 heterocycles. The number of nitrogens with one attached hydrogen (secondary N) is 2. The van der Waals surface area contributed by atoms with Gasteiger partial charge in [-0.25, -0.2) is 4.99 Å². The molecule has 0 radical (unpaired) electrons. The Morgan fingerprint density at radius 1 is 1.23 bits per heavy atom. The largest absolute Gasteiger partial charge is 0.494 e. The predicted octanol–water partition coefficient (Wildman–Crippen LogP) is 2.73. The lowest BCUT2D eigenvalue weighted by molar-refractivity contribution is 0.267. The molecule has 3 rings (SSSR count). The van der Waals surface area contributed by atoms with Crippen molar-refractivity contribution >= 4 is 29.9 Å². The van der Waals surface area contributed by atoms with Crippen LogP contribution in [-0.4, -0.2) is 64.5 Å². The predicted molar refractivity (Wildman–Crippen MR) is 135 cm³/mol. The first-order chi connectivity index (χ1) is 14.7. The van der Waals surface area contributed by atoms with Crippen LogP contribution in [0.25, 0.3) is 0 Å². The zero-order chi connectivity index (χ0) is 21.2. The summed E-state index contributed by atoms with van der Waals surface area (Å²) < 4.78 is 7.75. The summed E-state index contributed by atoms with van der Waals surface area (Å²) in [6, 6.07) is 10.5. The third-order valence-corrected chi connectivity index (χ3v) is 5.60. The van der Waals surface area contributed by atoms with Gasteiger partial charge in [0.15, 0.2) is 11.8 Å². The number of guanidine groups is 1. The fourth-order valence-electron chi connectivity index (χ4n) is 3.66. The number of rotatable bonds is 10. The zero-order valence-corrected chi connectivity index (χ0v) is 21.2. The van der Waals surface area contributed by atoms with Crippen molar-refractivity contribution in [2.45, 2.75) is 45.7 Å². The van der Waals surface area contributed by atoms with Crippen LogP contribution in [0.4, 0.5) is 0 Å². The van der Waals surface area contributed by atoms with Crippen molar-refractivity contribution in [3.63, 3.8) is 0 Å². The molecule has 31 heavy (non-hydrogen) atoms. The Kier molecular flexibility index (Phi) is 11.1. The van der Waals surface area contributed by atoms with Gasteiger partial charge in [0.1, 0.15) is 18.1 Å². The number of halogens is 1. The van der Waals surface area contributed by atoms with Gasteiger partial charge < -0.3 is 19.9 Å². The van der Waals surface area contributed by atoms with E-state index in [2.05, 4.69) is 32.7 Å². The van der Waals surface area contributed by atoms with Crippen LogP contribution in [0.15, 0.2) is 35.3 Å². The molecule has 1 aromatic carbocycles. The van der Waals surface area contributed by atoms with Crippen molar-refractivity contribution in [1.82, 2.24) is 30.3 Å². The standard InChI is InChI=1S/C22H35N7O.HI/c1-4-29-14-8-10-19(29)16-24-22(25-17-21-27-26-18(2)28(21)3)23-13-9-15-30-20-11-6-5-7-12-20;/h5-7,11-12,19H,4,8-10,13-17H2,1-3H3,(H2,23,24,25);1H. The number of benzene rings is 1. The van der Waals surface area contributed by atoms with Crippen LogP contribution in [0.2, 0.25) is 0 Å². The molecule has 1 atom stereocenters. The number of aromatic nitrogens is 3. The molecule has 0 saturated carbocycles. The number of likely N-dealkylation sites (N-methyl/N-ethyl adjacent to an activating group) is 1. The monoisotopic (exact) mass is 541 g/mol. The van der Waals surface area contributed by atoms with E-state index in [-0.39, 0.29) is 24.0 Å². The van der Waals surface area contributed by atoms with E-state index in [1.807, 2.05) is 48.9 Å². The van der Waals surface area contributed by atoms with Crippen LogP contribution in [0.5, 0.6) is 5.75 Å². The summed E-state index contributed by atoms with van der Waals surface area (Å²) in [5.74, 6) is 3.48. The summed E-state index contributed by atoms with van der Waals surface area (Å²) in [6.45, 7) is 9.32. The second-order valence-corrected chi connectivity index (χ2v) is 7.63. The van der Waals surface area contributed by atoms with Gasteiger partial charge in [-0.3, -0.25) is 4.90 Å². The molecule has 1 aromatic heterocycles. The second-order valence-electron chi connectivity index (χ2n) is 7.63. The molecular formula is C22H36IN7O. The summed E-state index contributed by atoms with van der Waals surface area (Å²) in [7, 11) is 1.97. The van der Waals surface area contributed by atoms with E-state index in [9.17, 15) is 0 Å². The van der Waals surface area contributed by atoms with E-state index in [1.165, 1.54) is 19.4 Å². The van der Waals surface area contributed by atoms with Crippen LogP contribution < -0.4 is 15.4 Å². The molecule has 0 bridgehead atoms. The van der Waals surface area contributed by atoms with Crippen molar-refractivity contribution < 1.29 is 4.74 Å². The van der Waals surface area contributed by atoms with Crippen molar-refractivity contribution in [2.75, 3.05) is 32.8 Å². The van der Waals surface area contributed by atoms with Gasteiger partial charge in [-0.15, -0.1) is 34.2 Å². The normalized spacial score (nSPS) is 16.7. The number of aryl methyl sites for hydroxylation is 1. The lowest BCUT2D eigenvalue weighted by Crippen LogP contribution is -2.45. The molecule has 172 valence electrons.